The molecule has 1 saturated heterocycles. The predicted octanol–water partition coefficient (Wildman–Crippen LogP) is 2.59. The van der Waals surface area contributed by atoms with Gasteiger partial charge in [0.1, 0.15) is 5.60 Å². The number of nitrogens with one attached hydrogen (secondary N) is 1. The van der Waals surface area contributed by atoms with Crippen molar-refractivity contribution in [2.24, 2.45) is 5.92 Å². The average Bonchev–Trinajstić information content (AvgIpc) is 2.72. The van der Waals surface area contributed by atoms with Crippen molar-refractivity contribution < 1.29 is 16.1 Å². The van der Waals surface area contributed by atoms with Crippen molar-refractivity contribution in [1.29, 1.82) is 0 Å². The number of aromatic nitrogens is 3. The summed E-state index contributed by atoms with van der Waals surface area (Å²) in [6.45, 7) is 6.05. The molecule has 1 unspecified atom stereocenters. The van der Waals surface area contributed by atoms with Crippen LogP contribution in [0.1, 0.15) is 40.2 Å². The van der Waals surface area contributed by atoms with Crippen LogP contribution in [0.3, 0.4) is 0 Å². The van der Waals surface area contributed by atoms with E-state index in [0.717, 1.165) is 44.6 Å². The number of aliphatic hydroxyl groups is 1. The Labute approximate surface area is 171 Å². The third kappa shape index (κ3) is 4.54. The average molecular weight is 399 g/mol. The second-order valence-corrected chi connectivity index (χ2v) is 8.26. The molecule has 0 spiro atoms. The van der Waals surface area contributed by atoms with Gasteiger partial charge in [0.2, 0.25) is 5.91 Å². The van der Waals surface area contributed by atoms with Gasteiger partial charge in [-0.2, -0.15) is 0 Å². The van der Waals surface area contributed by atoms with Crippen LogP contribution in [0.2, 0.25) is 0 Å². The molecule has 4 heterocycles. The molecule has 8 heteroatoms. The first-order valence-corrected chi connectivity index (χ1v) is 10.1. The van der Waals surface area contributed by atoms with Crippen LogP contribution in [0.4, 0.5) is 11.6 Å². The molecule has 2 N–H and O–H groups in total. The lowest BCUT2D eigenvalue weighted by Gasteiger charge is -2.31. The summed E-state index contributed by atoms with van der Waals surface area (Å²) in [6.07, 6.45) is 6.55. The molecule has 1 amide bonds. The van der Waals surface area contributed by atoms with E-state index < -0.39 is 5.60 Å². The molecule has 29 heavy (non-hydrogen) atoms. The summed E-state index contributed by atoms with van der Waals surface area (Å²) in [7, 11) is 0. The monoisotopic (exact) mass is 399 g/mol. The lowest BCUT2D eigenvalue weighted by molar-refractivity contribution is -0.115. The summed E-state index contributed by atoms with van der Waals surface area (Å²) >= 11 is 0. The van der Waals surface area contributed by atoms with E-state index in [4.69, 9.17) is 9.72 Å². The zero-order chi connectivity index (χ0) is 20.4. The number of hydrogen-bond acceptors (Lipinski definition) is 7. The van der Waals surface area contributed by atoms with Crippen molar-refractivity contribution in [3.05, 3.63) is 30.2 Å². The minimum absolute atomic E-state index is 0. The van der Waals surface area contributed by atoms with Crippen molar-refractivity contribution in [2.75, 3.05) is 36.5 Å². The van der Waals surface area contributed by atoms with Gasteiger partial charge in [-0.15, -0.1) is 0 Å². The Hall–Kier alpha value is -2.58. The SMILES string of the molecule is CC(C)(O)c1ccc(-c2cnc3c(n2)N(CCC2CCCOC2)CC(=O)N3)cn1.[HH]. The van der Waals surface area contributed by atoms with Crippen LogP contribution < -0.4 is 10.2 Å². The van der Waals surface area contributed by atoms with Gasteiger partial charge in [-0.1, -0.05) is 0 Å². The number of carbonyl (C=O) groups is 1. The highest BCUT2D eigenvalue weighted by Gasteiger charge is 2.26. The lowest BCUT2D eigenvalue weighted by Crippen LogP contribution is -2.40. The molecule has 2 aliphatic heterocycles. The number of amides is 1. The number of anilines is 2. The van der Waals surface area contributed by atoms with E-state index in [0.29, 0.717) is 28.9 Å². The Balaban J connectivity index is 0.00000256. The molecule has 0 radical (unpaired) electrons. The molecule has 2 aliphatic rings. The molecule has 8 nitrogen and oxygen atoms in total. The highest BCUT2D eigenvalue weighted by Crippen LogP contribution is 2.30. The van der Waals surface area contributed by atoms with Crippen molar-refractivity contribution in [2.45, 2.75) is 38.7 Å². The highest BCUT2D eigenvalue weighted by atomic mass is 16.5. The van der Waals surface area contributed by atoms with Crippen LogP contribution in [0, 0.1) is 5.92 Å². The largest absolute Gasteiger partial charge is 0.384 e. The summed E-state index contributed by atoms with van der Waals surface area (Å²) in [6, 6.07) is 3.67. The molecule has 2 aromatic rings. The van der Waals surface area contributed by atoms with Gasteiger partial charge in [0.05, 0.1) is 24.1 Å². The fourth-order valence-electron chi connectivity index (χ4n) is 3.71. The van der Waals surface area contributed by atoms with E-state index in [1.807, 2.05) is 11.0 Å². The van der Waals surface area contributed by atoms with E-state index in [9.17, 15) is 9.90 Å². The van der Waals surface area contributed by atoms with E-state index in [2.05, 4.69) is 15.3 Å². The van der Waals surface area contributed by atoms with Crippen molar-refractivity contribution >= 4 is 17.5 Å². The number of rotatable bonds is 5. The van der Waals surface area contributed by atoms with Gasteiger partial charge in [0.25, 0.3) is 0 Å². The summed E-state index contributed by atoms with van der Waals surface area (Å²) in [5.74, 6) is 1.62. The quantitative estimate of drug-likeness (QED) is 0.797. The predicted molar refractivity (Wildman–Crippen MR) is 112 cm³/mol. The normalized spacial score (nSPS) is 19.6. The maximum Gasteiger partial charge on any atom is 0.245 e. The summed E-state index contributed by atoms with van der Waals surface area (Å²) in [5.41, 5.74) is 1.09. The topological polar surface area (TPSA) is 100 Å². The molecule has 0 bridgehead atoms. The van der Waals surface area contributed by atoms with Crippen molar-refractivity contribution in [1.82, 2.24) is 15.0 Å². The molecular weight excluding hydrogens is 370 g/mol. The molecule has 4 rings (SSSR count). The van der Waals surface area contributed by atoms with Gasteiger partial charge < -0.3 is 20.1 Å². The maximum absolute atomic E-state index is 12.1. The Bertz CT molecular complexity index is 879. The van der Waals surface area contributed by atoms with Crippen LogP contribution in [0.5, 0.6) is 0 Å². The second-order valence-electron chi connectivity index (χ2n) is 8.26. The van der Waals surface area contributed by atoms with Crippen LogP contribution in [0.25, 0.3) is 11.3 Å². The number of pyridine rings is 1. The van der Waals surface area contributed by atoms with Crippen molar-refractivity contribution in [3.63, 3.8) is 0 Å². The van der Waals surface area contributed by atoms with Crippen LogP contribution >= 0.6 is 0 Å². The van der Waals surface area contributed by atoms with Gasteiger partial charge in [0.15, 0.2) is 11.6 Å². The molecule has 2 aromatic heterocycles. The Kier molecular flexibility index (Phi) is 5.47. The minimum Gasteiger partial charge on any atom is -0.384 e. The maximum atomic E-state index is 12.1. The molecule has 0 aliphatic carbocycles. The van der Waals surface area contributed by atoms with Crippen LogP contribution in [-0.2, 0) is 15.1 Å². The molecule has 1 fully saturated rings. The number of hydrogen-bond donors (Lipinski definition) is 2. The first kappa shape index (κ1) is 19.7. The van der Waals surface area contributed by atoms with Crippen LogP contribution in [-0.4, -0.2) is 52.3 Å². The zero-order valence-corrected chi connectivity index (χ0v) is 16.9. The first-order valence-electron chi connectivity index (χ1n) is 10.1. The lowest BCUT2D eigenvalue weighted by atomic mass is 9.98. The molecule has 0 saturated carbocycles. The number of ether oxygens (including phenoxy) is 1. The fraction of sp³-hybridized carbons (Fsp3) is 0.524. The van der Waals surface area contributed by atoms with Gasteiger partial charge >= 0.3 is 0 Å². The zero-order valence-electron chi connectivity index (χ0n) is 16.9. The van der Waals surface area contributed by atoms with Gasteiger partial charge in [-0.25, -0.2) is 9.97 Å². The van der Waals surface area contributed by atoms with E-state index in [1.54, 1.807) is 32.3 Å². The fourth-order valence-corrected chi connectivity index (χ4v) is 3.71. The molecular formula is C21H29N5O3. The van der Waals surface area contributed by atoms with Gasteiger partial charge in [0, 0.05) is 32.9 Å². The Morgan fingerprint density at radius 3 is 2.90 bits per heavy atom. The van der Waals surface area contributed by atoms with E-state index >= 15 is 0 Å². The van der Waals surface area contributed by atoms with Crippen LogP contribution in [0.15, 0.2) is 24.5 Å². The Morgan fingerprint density at radius 1 is 1.34 bits per heavy atom. The molecule has 156 valence electrons. The van der Waals surface area contributed by atoms with E-state index in [1.165, 1.54) is 0 Å². The van der Waals surface area contributed by atoms with E-state index in [-0.39, 0.29) is 13.9 Å². The minimum atomic E-state index is -0.996. The number of fused-ring (bicyclic) bond motifs is 1. The van der Waals surface area contributed by atoms with Gasteiger partial charge in [-0.3, -0.25) is 9.78 Å². The summed E-state index contributed by atoms with van der Waals surface area (Å²) in [5, 5.41) is 12.9. The highest BCUT2D eigenvalue weighted by molar-refractivity contribution is 5.99. The Morgan fingerprint density at radius 2 is 2.21 bits per heavy atom. The molecule has 0 aromatic carbocycles. The standard InChI is InChI=1S/C21H27N5O3.H2/c1-21(2,28)17-6-5-15(10-22-17)16-11-23-19-20(24-16)26(12-18(27)25-19)8-7-14-4-3-9-29-13-14;/h5-6,10-11,14,28H,3-4,7-9,12-13H2,1-2H3,(H,23,25,27);1H. The third-order valence-corrected chi connectivity index (χ3v) is 5.39. The smallest absolute Gasteiger partial charge is 0.245 e. The summed E-state index contributed by atoms with van der Waals surface area (Å²) in [4.78, 5) is 27.6. The van der Waals surface area contributed by atoms with Crippen molar-refractivity contribution in [3.8, 4) is 11.3 Å². The molecule has 1 atom stereocenters. The number of carbonyl (C=O) groups excluding carboxylic acids is 1. The third-order valence-electron chi connectivity index (χ3n) is 5.39. The first-order chi connectivity index (χ1) is 13.9. The second kappa shape index (κ2) is 8.04. The van der Waals surface area contributed by atoms with Gasteiger partial charge in [-0.05, 0) is 51.2 Å². The summed E-state index contributed by atoms with van der Waals surface area (Å²) < 4.78 is 5.57. The number of nitrogens with zero attached hydrogens (tertiary/aromatic N) is 4.